The van der Waals surface area contributed by atoms with Crippen LogP contribution in [0.3, 0.4) is 0 Å². The highest BCUT2D eigenvalue weighted by atomic mass is 28.5. The van der Waals surface area contributed by atoms with Gasteiger partial charge in [0.15, 0.2) is 0 Å². The van der Waals surface area contributed by atoms with Crippen LogP contribution in [-0.2, 0) is 13.0 Å². The average Bonchev–Trinajstić information content (AvgIpc) is 3.30. The predicted molar refractivity (Wildman–Crippen MR) is 255 cm³/mol. The lowest BCUT2D eigenvalue weighted by molar-refractivity contribution is -0.275. The van der Waals surface area contributed by atoms with Crippen LogP contribution in [0, 0.1) is 0 Å². The maximum Gasteiger partial charge on any atom is 0.573 e. The lowest BCUT2D eigenvalue weighted by Gasteiger charge is -2.36. The van der Waals surface area contributed by atoms with Gasteiger partial charge in [-0.1, -0.05) is 36.4 Å². The van der Waals surface area contributed by atoms with E-state index in [4.69, 9.17) is 31.3 Å². The van der Waals surface area contributed by atoms with E-state index >= 15 is 17.6 Å². The summed E-state index contributed by atoms with van der Waals surface area (Å²) in [4.78, 5) is 25.6. The molecular formula is C50H52F10O11Si2. The monoisotopic (exact) mass is 1070 g/mol. The van der Waals surface area contributed by atoms with Crippen LogP contribution in [0.4, 0.5) is 43.9 Å². The minimum absolute atomic E-state index is 0.0334. The minimum atomic E-state index is -4.99. The third kappa shape index (κ3) is 16.6. The van der Waals surface area contributed by atoms with Gasteiger partial charge in [0.1, 0.15) is 34.2 Å². The van der Waals surface area contributed by atoms with Crippen LogP contribution in [0.2, 0.25) is 25.2 Å². The Morgan fingerprint density at radius 3 is 1.22 bits per heavy atom. The van der Waals surface area contributed by atoms with E-state index in [0.717, 1.165) is 12.1 Å². The second-order valence-electron chi connectivity index (χ2n) is 17.5. The third-order valence-electron chi connectivity index (χ3n) is 11.8. The Balaban J connectivity index is 0.909. The van der Waals surface area contributed by atoms with Gasteiger partial charge in [-0.25, -0.2) is 27.2 Å². The van der Waals surface area contributed by atoms with Gasteiger partial charge in [0.2, 0.25) is 11.8 Å². The Morgan fingerprint density at radius 1 is 0.479 bits per heavy atom. The molecule has 0 saturated carbocycles. The predicted octanol–water partition coefficient (Wildman–Crippen LogP) is 14.3. The fraction of sp³-hybridized carbons (Fsp3) is 0.400. The standard InChI is InChI=1S/C50H52F10O11Si2/c1-63-72(3,27-11-23-47(51,52)21-9-25-65-35-19-17-33-29-39(45(61)67-43(33)31-35)37-13-5-7-15-41(37)69-49(55,56)57)71-73(4,64-2)28-12-24-48(53,54)22-10-26-66-36-20-18-34-30-40(46(62)68-44(34)32-36)38-14-6-8-16-42(38)70-50(58,59)60/h5-8,13-20,29-32H,9-12,21-28H2,1-4H3. The number of hydrogen-bond acceptors (Lipinski definition) is 11. The number of halogens is 10. The highest BCUT2D eigenvalue weighted by molar-refractivity contribution is 6.80. The second-order valence-corrected chi connectivity index (χ2v) is 24.7. The average molecular weight is 1080 g/mol. The Bertz CT molecular complexity index is 2730. The van der Waals surface area contributed by atoms with Crippen LogP contribution in [0.25, 0.3) is 44.2 Å². The van der Waals surface area contributed by atoms with E-state index in [-0.39, 0.29) is 95.9 Å². The van der Waals surface area contributed by atoms with Gasteiger partial charge in [-0.05, 0) is 99.4 Å². The maximum atomic E-state index is 15.1. The van der Waals surface area contributed by atoms with E-state index in [1.165, 1.54) is 99.1 Å². The zero-order valence-corrected chi connectivity index (χ0v) is 42.0. The summed E-state index contributed by atoms with van der Waals surface area (Å²) in [6.45, 7) is 3.22. The van der Waals surface area contributed by atoms with Gasteiger partial charge in [0, 0.05) is 73.9 Å². The van der Waals surface area contributed by atoms with Crippen LogP contribution in [-0.4, -0.2) is 69.1 Å². The molecule has 0 aliphatic rings. The highest BCUT2D eigenvalue weighted by Gasteiger charge is 2.43. The molecule has 2 aromatic heterocycles. The molecule has 396 valence electrons. The van der Waals surface area contributed by atoms with Gasteiger partial charge in [-0.15, -0.1) is 26.3 Å². The van der Waals surface area contributed by atoms with Crippen LogP contribution in [0.5, 0.6) is 23.0 Å². The summed E-state index contributed by atoms with van der Waals surface area (Å²) in [6.07, 6.45) is -11.9. The molecule has 0 saturated heterocycles. The van der Waals surface area contributed by atoms with Crippen LogP contribution in [0.1, 0.15) is 51.4 Å². The molecular weight excluding hydrogens is 1020 g/mol. The Morgan fingerprint density at radius 2 is 0.849 bits per heavy atom. The van der Waals surface area contributed by atoms with Crippen molar-refractivity contribution in [2.45, 2.75) is 101 Å². The molecule has 6 rings (SSSR count). The van der Waals surface area contributed by atoms with Crippen molar-refractivity contribution >= 4 is 39.1 Å². The summed E-state index contributed by atoms with van der Waals surface area (Å²) in [7, 11) is -3.38. The van der Waals surface area contributed by atoms with Gasteiger partial charge >= 0.3 is 41.1 Å². The molecule has 0 aliphatic heterocycles. The Hall–Kier alpha value is -5.89. The number of ether oxygens (including phenoxy) is 4. The van der Waals surface area contributed by atoms with Gasteiger partial charge in [0.05, 0.1) is 24.3 Å². The molecule has 0 bridgehead atoms. The minimum Gasteiger partial charge on any atom is -0.493 e. The lowest BCUT2D eigenvalue weighted by atomic mass is 10.0. The van der Waals surface area contributed by atoms with Crippen molar-refractivity contribution in [3.8, 4) is 45.3 Å². The van der Waals surface area contributed by atoms with Crippen molar-refractivity contribution in [3.05, 3.63) is 118 Å². The zero-order valence-electron chi connectivity index (χ0n) is 40.0. The van der Waals surface area contributed by atoms with E-state index < -0.39 is 90.1 Å². The largest absolute Gasteiger partial charge is 0.573 e. The summed E-state index contributed by atoms with van der Waals surface area (Å²) in [5, 5.41) is 0.737. The highest BCUT2D eigenvalue weighted by Crippen LogP contribution is 2.37. The van der Waals surface area contributed by atoms with E-state index in [1.54, 1.807) is 13.1 Å². The number of rotatable bonds is 26. The first kappa shape index (κ1) is 56.4. The number of benzene rings is 4. The van der Waals surface area contributed by atoms with Gasteiger partial charge in [-0.2, -0.15) is 0 Å². The number of hydrogen-bond donors (Lipinski definition) is 0. The lowest BCUT2D eigenvalue weighted by Crippen LogP contribution is -2.51. The molecule has 0 aliphatic carbocycles. The van der Waals surface area contributed by atoms with Gasteiger partial charge in [0.25, 0.3) is 0 Å². The fourth-order valence-corrected chi connectivity index (χ4v) is 15.2. The van der Waals surface area contributed by atoms with E-state index in [0.29, 0.717) is 10.8 Å². The molecule has 0 radical (unpaired) electrons. The smallest absolute Gasteiger partial charge is 0.493 e. The topological polar surface area (TPSA) is 125 Å². The first-order chi connectivity index (χ1) is 34.3. The van der Waals surface area contributed by atoms with E-state index in [9.17, 15) is 35.9 Å². The second kappa shape index (κ2) is 23.5. The first-order valence-corrected chi connectivity index (χ1v) is 28.0. The number of alkyl halides is 10. The molecule has 0 fully saturated rings. The van der Waals surface area contributed by atoms with E-state index in [1.807, 2.05) is 0 Å². The van der Waals surface area contributed by atoms with Crippen LogP contribution < -0.4 is 30.2 Å². The Kier molecular flexibility index (Phi) is 18.2. The van der Waals surface area contributed by atoms with Crippen molar-refractivity contribution in [1.82, 2.24) is 0 Å². The molecule has 0 spiro atoms. The number of para-hydroxylation sites is 2. The summed E-state index contributed by atoms with van der Waals surface area (Å²) in [6, 6.07) is 22.1. The normalized spacial score (nSPS) is 14.2. The third-order valence-corrected chi connectivity index (χ3v) is 19.5. The molecule has 0 N–H and O–H groups in total. The summed E-state index contributed by atoms with van der Waals surface area (Å²) in [5.41, 5.74) is -2.28. The summed E-state index contributed by atoms with van der Waals surface area (Å²) < 4.78 is 186. The fourth-order valence-electron chi connectivity index (χ4n) is 8.02. The molecule has 2 heterocycles. The number of fused-ring (bicyclic) bond motifs is 2. The maximum absolute atomic E-state index is 15.1. The quantitative estimate of drug-likeness (QED) is 0.0223. The van der Waals surface area contributed by atoms with Crippen molar-refractivity contribution < 1.29 is 84.7 Å². The molecule has 11 nitrogen and oxygen atoms in total. The Labute approximate surface area is 414 Å². The van der Waals surface area contributed by atoms with Crippen molar-refractivity contribution in [2.24, 2.45) is 0 Å². The zero-order chi connectivity index (χ0) is 53.2. The van der Waals surface area contributed by atoms with Crippen LogP contribution in [0.15, 0.2) is 115 Å². The molecule has 4 aromatic carbocycles. The molecule has 23 heteroatoms. The SMILES string of the molecule is CO[Si](C)(CCCC(F)(F)CCCOc1ccc2cc(-c3ccccc3OC(F)(F)F)c(=O)oc2c1)O[Si](C)(CCCC(F)(F)CCCOc1ccc2cc(-c3ccccc3OC(F)(F)F)c(=O)oc2c1)OC. The van der Waals surface area contributed by atoms with E-state index in [2.05, 4.69) is 9.47 Å². The summed E-state index contributed by atoms with van der Waals surface area (Å²) in [5.74, 6) is -6.86. The van der Waals surface area contributed by atoms with Gasteiger partial charge < -0.3 is 40.7 Å². The molecule has 6 aromatic rings. The molecule has 2 unspecified atom stereocenters. The first-order valence-electron chi connectivity index (χ1n) is 23.0. The van der Waals surface area contributed by atoms with Crippen molar-refractivity contribution in [1.29, 1.82) is 0 Å². The van der Waals surface area contributed by atoms with Crippen molar-refractivity contribution in [3.63, 3.8) is 0 Å². The summed E-state index contributed by atoms with van der Waals surface area (Å²) >= 11 is 0. The van der Waals surface area contributed by atoms with Crippen LogP contribution >= 0.6 is 0 Å². The molecule has 73 heavy (non-hydrogen) atoms. The molecule has 2 atom stereocenters. The van der Waals surface area contributed by atoms with Gasteiger partial charge in [-0.3, -0.25) is 0 Å². The molecule has 0 amide bonds. The van der Waals surface area contributed by atoms with Crippen molar-refractivity contribution in [2.75, 3.05) is 27.4 Å².